The highest BCUT2D eigenvalue weighted by atomic mass is 79.9. The van der Waals surface area contributed by atoms with E-state index >= 15 is 0 Å². The van der Waals surface area contributed by atoms with E-state index < -0.39 is 5.97 Å². The normalized spacial score (nSPS) is 15.0. The number of fused-ring (bicyclic) bond motifs is 2. The van der Waals surface area contributed by atoms with E-state index in [0.29, 0.717) is 33.5 Å². The molecule has 0 aromatic heterocycles. The number of Topliss-reactive ketones (excluding diaryl/α,β-unsaturated/α-hetero) is 2. The molecule has 0 aliphatic heterocycles. The molecule has 7 heteroatoms. The van der Waals surface area contributed by atoms with Crippen LogP contribution in [0.4, 0.5) is 0 Å². The van der Waals surface area contributed by atoms with Gasteiger partial charge in [0, 0.05) is 42.9 Å². The minimum atomic E-state index is -0.407. The minimum Gasteiger partial charge on any atom is -0.427 e. The van der Waals surface area contributed by atoms with Gasteiger partial charge in [0.2, 0.25) is 5.78 Å². The molecular formula is C34H25BrO6. The van der Waals surface area contributed by atoms with Crippen molar-refractivity contribution >= 4 is 45.0 Å². The summed E-state index contributed by atoms with van der Waals surface area (Å²) in [5.74, 6) is 0.124. The summed E-state index contributed by atoms with van der Waals surface area (Å²) in [5.41, 5.74) is 6.03. The third-order valence-electron chi connectivity index (χ3n) is 6.80. The molecule has 0 bridgehead atoms. The number of carbonyl (C=O) groups is 4. The summed E-state index contributed by atoms with van der Waals surface area (Å²) < 4.78 is 10.6. The number of esters is 2. The number of carbonyl (C=O) groups excluding carboxylic acids is 4. The third kappa shape index (κ3) is 5.95. The van der Waals surface area contributed by atoms with Crippen molar-refractivity contribution in [2.75, 3.05) is 0 Å². The van der Waals surface area contributed by atoms with Gasteiger partial charge in [-0.1, -0.05) is 66.7 Å². The molecule has 6 rings (SSSR count). The number of ketones is 2. The van der Waals surface area contributed by atoms with Crippen LogP contribution >= 0.6 is 15.9 Å². The lowest BCUT2D eigenvalue weighted by Crippen LogP contribution is -2.03. The fourth-order valence-corrected chi connectivity index (χ4v) is 5.75. The van der Waals surface area contributed by atoms with E-state index in [1.165, 1.54) is 13.8 Å². The first-order valence-electron chi connectivity index (χ1n) is 13.0. The Morgan fingerprint density at radius 2 is 1.27 bits per heavy atom. The quantitative estimate of drug-likeness (QED) is 0.178. The number of halogens is 1. The van der Waals surface area contributed by atoms with Crippen LogP contribution in [0.1, 0.15) is 69.2 Å². The molecule has 0 spiro atoms. The Morgan fingerprint density at radius 3 is 1.88 bits per heavy atom. The van der Waals surface area contributed by atoms with Crippen molar-refractivity contribution in [3.63, 3.8) is 0 Å². The van der Waals surface area contributed by atoms with Gasteiger partial charge in [0.25, 0.3) is 0 Å². The predicted octanol–water partition coefficient (Wildman–Crippen LogP) is 7.29. The largest absolute Gasteiger partial charge is 0.427 e. The van der Waals surface area contributed by atoms with Gasteiger partial charge in [-0.15, -0.1) is 0 Å². The number of hydrogen-bond acceptors (Lipinski definition) is 6. The molecule has 0 amide bonds. The van der Waals surface area contributed by atoms with E-state index in [-0.39, 0.29) is 23.5 Å². The average molecular weight is 609 g/mol. The number of hydrogen-bond donors (Lipinski definition) is 0. The smallest absolute Gasteiger partial charge is 0.308 e. The van der Waals surface area contributed by atoms with E-state index in [1.807, 2.05) is 72.8 Å². The molecule has 0 fully saturated rings. The Hall–Kier alpha value is -4.62. The topological polar surface area (TPSA) is 86.7 Å². The highest BCUT2D eigenvalue weighted by molar-refractivity contribution is 9.12. The Kier molecular flexibility index (Phi) is 8.08. The van der Waals surface area contributed by atoms with Crippen LogP contribution in [-0.2, 0) is 9.59 Å². The minimum absolute atomic E-state index is 0.0992. The number of ether oxygens (including phenoxy) is 2. The first kappa shape index (κ1) is 27.9. The highest BCUT2D eigenvalue weighted by Crippen LogP contribution is 2.41. The lowest BCUT2D eigenvalue weighted by atomic mass is 9.93. The Morgan fingerprint density at radius 1 is 0.707 bits per heavy atom. The van der Waals surface area contributed by atoms with Gasteiger partial charge in [0.15, 0.2) is 5.78 Å². The molecule has 0 radical (unpaired) electrons. The second-order valence-corrected chi connectivity index (χ2v) is 10.4. The molecule has 0 saturated heterocycles. The van der Waals surface area contributed by atoms with Crippen molar-refractivity contribution in [3.8, 4) is 11.5 Å². The molecule has 0 saturated carbocycles. The molecule has 4 aromatic carbocycles. The zero-order chi connectivity index (χ0) is 29.1. The van der Waals surface area contributed by atoms with E-state index in [1.54, 1.807) is 24.3 Å². The molecule has 6 nitrogen and oxygen atoms in total. The fraction of sp³-hybridized carbons (Fsp3) is 0.118. The maximum atomic E-state index is 12.4. The van der Waals surface area contributed by atoms with Crippen molar-refractivity contribution in [2.45, 2.75) is 26.2 Å². The zero-order valence-corrected chi connectivity index (χ0v) is 23.9. The van der Waals surface area contributed by atoms with Crippen LogP contribution in [0.3, 0.4) is 0 Å². The first-order valence-corrected chi connectivity index (χ1v) is 13.8. The summed E-state index contributed by atoms with van der Waals surface area (Å²) in [5, 5.41) is 0. The summed E-state index contributed by atoms with van der Waals surface area (Å²) in [6.45, 7) is 2.68. The lowest BCUT2D eigenvalue weighted by Gasteiger charge is -2.11. The molecule has 4 aromatic rings. The van der Waals surface area contributed by atoms with Crippen LogP contribution in [-0.4, -0.2) is 23.5 Å². The van der Waals surface area contributed by atoms with Gasteiger partial charge in [0.1, 0.15) is 11.5 Å². The predicted molar refractivity (Wildman–Crippen MR) is 158 cm³/mol. The third-order valence-corrected chi connectivity index (χ3v) is 7.56. The summed E-state index contributed by atoms with van der Waals surface area (Å²) in [6, 6.07) is 30.1. The van der Waals surface area contributed by atoms with Crippen LogP contribution < -0.4 is 9.47 Å². The first-order chi connectivity index (χ1) is 19.7. The number of benzene rings is 4. The van der Waals surface area contributed by atoms with E-state index in [2.05, 4.69) is 15.9 Å². The zero-order valence-electron chi connectivity index (χ0n) is 22.3. The SMILES string of the molecule is CC(=O)Oc1ccc2c(c1)C(=O)C(Br)=C2c1ccccc1.CC(=O)Oc1ccc2c(c1)C(=O)CC2c1ccccc1. The molecule has 0 heterocycles. The Balaban J connectivity index is 0.000000165. The summed E-state index contributed by atoms with van der Waals surface area (Å²) in [7, 11) is 0. The van der Waals surface area contributed by atoms with Crippen LogP contribution in [0.15, 0.2) is 102 Å². The molecule has 41 heavy (non-hydrogen) atoms. The van der Waals surface area contributed by atoms with E-state index in [0.717, 1.165) is 27.8 Å². The monoisotopic (exact) mass is 608 g/mol. The highest BCUT2D eigenvalue weighted by Gasteiger charge is 2.31. The Bertz CT molecular complexity index is 1710. The lowest BCUT2D eigenvalue weighted by molar-refractivity contribution is -0.132. The van der Waals surface area contributed by atoms with E-state index in [9.17, 15) is 19.2 Å². The second kappa shape index (κ2) is 11.9. The standard InChI is InChI=1S/C17H11BrO3.C17H14O3/c1-10(19)21-12-7-8-13-14(9-12)17(20)16(18)15(13)11-5-3-2-4-6-11;1-11(18)20-13-7-8-14-15(10-17(19)16(14)9-13)12-5-3-2-4-6-12/h2-9H,1H3;2-9,15H,10H2,1H3. The van der Waals surface area contributed by atoms with Gasteiger partial charge in [-0.05, 0) is 68.5 Å². The van der Waals surface area contributed by atoms with Crippen molar-refractivity contribution in [3.05, 3.63) is 135 Å². The summed E-state index contributed by atoms with van der Waals surface area (Å²) >= 11 is 3.39. The van der Waals surface area contributed by atoms with Crippen LogP contribution in [0.5, 0.6) is 11.5 Å². The Labute approximate surface area is 245 Å². The fourth-order valence-electron chi connectivity index (χ4n) is 5.09. The van der Waals surface area contributed by atoms with Crippen molar-refractivity contribution in [1.29, 1.82) is 0 Å². The average Bonchev–Trinajstić information content (AvgIpc) is 3.42. The maximum Gasteiger partial charge on any atom is 0.308 e. The van der Waals surface area contributed by atoms with Crippen molar-refractivity contribution in [1.82, 2.24) is 0 Å². The molecular weight excluding hydrogens is 584 g/mol. The van der Waals surface area contributed by atoms with Crippen molar-refractivity contribution in [2.24, 2.45) is 0 Å². The van der Waals surface area contributed by atoms with Crippen LogP contribution in [0.25, 0.3) is 5.57 Å². The van der Waals surface area contributed by atoms with Crippen LogP contribution in [0, 0.1) is 0 Å². The second-order valence-electron chi connectivity index (χ2n) is 9.62. The van der Waals surface area contributed by atoms with Gasteiger partial charge < -0.3 is 9.47 Å². The van der Waals surface area contributed by atoms with Gasteiger partial charge in [0.05, 0.1) is 4.48 Å². The van der Waals surface area contributed by atoms with Crippen molar-refractivity contribution < 1.29 is 28.7 Å². The molecule has 1 unspecified atom stereocenters. The molecule has 2 aliphatic carbocycles. The summed E-state index contributed by atoms with van der Waals surface area (Å²) in [4.78, 5) is 46.5. The van der Waals surface area contributed by atoms with Gasteiger partial charge in [-0.25, -0.2) is 0 Å². The van der Waals surface area contributed by atoms with Gasteiger partial charge in [-0.3, -0.25) is 19.2 Å². The van der Waals surface area contributed by atoms with Crippen LogP contribution in [0.2, 0.25) is 0 Å². The number of allylic oxidation sites excluding steroid dienone is 1. The maximum absolute atomic E-state index is 12.4. The molecule has 204 valence electrons. The van der Waals surface area contributed by atoms with E-state index in [4.69, 9.17) is 9.47 Å². The van der Waals surface area contributed by atoms with Gasteiger partial charge >= 0.3 is 11.9 Å². The molecule has 1 atom stereocenters. The number of rotatable bonds is 4. The van der Waals surface area contributed by atoms with Gasteiger partial charge in [-0.2, -0.15) is 0 Å². The summed E-state index contributed by atoms with van der Waals surface area (Å²) in [6.07, 6.45) is 0.475. The molecule has 0 N–H and O–H groups in total. The molecule has 2 aliphatic rings.